The first-order valence-electron chi connectivity index (χ1n) is 4.63. The van der Waals surface area contributed by atoms with Crippen molar-refractivity contribution in [1.29, 1.82) is 0 Å². The molecule has 4 heteroatoms. The van der Waals surface area contributed by atoms with Crippen LogP contribution in [-0.2, 0) is 6.54 Å². The predicted molar refractivity (Wildman–Crippen MR) is 65.6 cm³/mol. The zero-order valence-electron chi connectivity index (χ0n) is 8.33. The molecule has 15 heavy (non-hydrogen) atoms. The van der Waals surface area contributed by atoms with E-state index in [4.69, 9.17) is 11.6 Å². The lowest BCUT2D eigenvalue weighted by atomic mass is 10.2. The van der Waals surface area contributed by atoms with Gasteiger partial charge in [-0.15, -0.1) is 11.3 Å². The molecule has 0 saturated carbocycles. The van der Waals surface area contributed by atoms with Crippen LogP contribution in [0, 0.1) is 6.92 Å². The lowest BCUT2D eigenvalue weighted by Gasteiger charge is -2.08. The number of benzene rings is 1. The summed E-state index contributed by atoms with van der Waals surface area (Å²) in [7, 11) is 0. The van der Waals surface area contributed by atoms with Crippen LogP contribution < -0.4 is 5.32 Å². The van der Waals surface area contributed by atoms with E-state index in [1.54, 1.807) is 11.3 Å². The summed E-state index contributed by atoms with van der Waals surface area (Å²) in [6.07, 6.45) is 0. The van der Waals surface area contributed by atoms with Crippen molar-refractivity contribution >= 4 is 28.6 Å². The highest BCUT2D eigenvalue weighted by Crippen LogP contribution is 2.23. The zero-order chi connectivity index (χ0) is 10.7. The monoisotopic (exact) mass is 238 g/mol. The van der Waals surface area contributed by atoms with E-state index in [-0.39, 0.29) is 0 Å². The summed E-state index contributed by atoms with van der Waals surface area (Å²) in [5.74, 6) is 0. The number of nitrogens with one attached hydrogen (secondary N) is 1. The molecule has 0 amide bonds. The summed E-state index contributed by atoms with van der Waals surface area (Å²) in [4.78, 5) is 4.21. The summed E-state index contributed by atoms with van der Waals surface area (Å²) in [5, 5.41) is 6.14. The van der Waals surface area contributed by atoms with Gasteiger partial charge in [-0.1, -0.05) is 17.7 Å². The third kappa shape index (κ3) is 2.49. The maximum Gasteiger partial charge on any atom is 0.0795 e. The molecule has 0 saturated heterocycles. The molecule has 1 aromatic heterocycles. The van der Waals surface area contributed by atoms with Gasteiger partial charge in [-0.05, 0) is 24.6 Å². The van der Waals surface area contributed by atoms with Crippen LogP contribution in [0.5, 0.6) is 0 Å². The lowest BCUT2D eigenvalue weighted by Crippen LogP contribution is -2.01. The van der Waals surface area contributed by atoms with Crippen LogP contribution in [-0.4, -0.2) is 4.98 Å². The van der Waals surface area contributed by atoms with E-state index in [0.29, 0.717) is 0 Å². The molecule has 1 aromatic carbocycles. The van der Waals surface area contributed by atoms with Gasteiger partial charge in [0.05, 0.1) is 17.7 Å². The van der Waals surface area contributed by atoms with Crippen LogP contribution in [0.2, 0.25) is 5.02 Å². The van der Waals surface area contributed by atoms with Gasteiger partial charge in [-0.25, -0.2) is 4.98 Å². The molecule has 0 bridgehead atoms. The normalized spacial score (nSPS) is 10.3. The third-order valence-electron chi connectivity index (χ3n) is 2.21. The van der Waals surface area contributed by atoms with E-state index in [0.717, 1.165) is 28.5 Å². The number of hydrogen-bond acceptors (Lipinski definition) is 3. The van der Waals surface area contributed by atoms with Gasteiger partial charge >= 0.3 is 0 Å². The number of thiazole rings is 1. The van der Waals surface area contributed by atoms with Crippen LogP contribution in [0.1, 0.15) is 11.3 Å². The number of halogens is 1. The summed E-state index contributed by atoms with van der Waals surface area (Å²) in [6.45, 7) is 2.75. The van der Waals surface area contributed by atoms with Crippen molar-refractivity contribution in [3.8, 4) is 0 Å². The zero-order valence-corrected chi connectivity index (χ0v) is 9.90. The van der Waals surface area contributed by atoms with Crippen molar-refractivity contribution in [1.82, 2.24) is 4.98 Å². The Kier molecular flexibility index (Phi) is 3.23. The summed E-state index contributed by atoms with van der Waals surface area (Å²) >= 11 is 7.63. The van der Waals surface area contributed by atoms with E-state index in [9.17, 15) is 0 Å². The van der Waals surface area contributed by atoms with Crippen molar-refractivity contribution in [3.05, 3.63) is 45.4 Å². The first-order valence-corrected chi connectivity index (χ1v) is 5.95. The molecule has 1 N–H and O–H groups in total. The van der Waals surface area contributed by atoms with Crippen LogP contribution in [0.15, 0.2) is 29.1 Å². The smallest absolute Gasteiger partial charge is 0.0795 e. The number of hydrogen-bond donors (Lipinski definition) is 1. The first kappa shape index (κ1) is 10.5. The van der Waals surface area contributed by atoms with Crippen molar-refractivity contribution in [2.24, 2.45) is 0 Å². The highest BCUT2D eigenvalue weighted by atomic mass is 35.5. The maximum absolute atomic E-state index is 6.02. The minimum absolute atomic E-state index is 0.741. The number of aromatic nitrogens is 1. The molecule has 0 unspecified atom stereocenters. The molecule has 2 rings (SSSR count). The second-order valence-corrected chi connectivity index (χ2v) is 4.37. The maximum atomic E-state index is 6.02. The van der Waals surface area contributed by atoms with E-state index in [1.807, 2.05) is 36.0 Å². The molecule has 1 heterocycles. The van der Waals surface area contributed by atoms with E-state index in [1.165, 1.54) is 0 Å². The van der Waals surface area contributed by atoms with Crippen molar-refractivity contribution in [2.75, 3.05) is 5.32 Å². The second kappa shape index (κ2) is 4.64. The average Bonchev–Trinajstić information content (AvgIpc) is 2.73. The molecule has 0 aliphatic heterocycles. The Balaban J connectivity index is 2.08. The quantitative estimate of drug-likeness (QED) is 0.882. The van der Waals surface area contributed by atoms with Gasteiger partial charge in [-0.2, -0.15) is 0 Å². The minimum atomic E-state index is 0.741. The standard InChI is InChI=1S/C11H11ClN2S/c1-8-10(12)3-2-4-11(8)13-5-9-6-15-7-14-9/h2-4,6-7,13H,5H2,1H3. The fourth-order valence-electron chi connectivity index (χ4n) is 1.31. The van der Waals surface area contributed by atoms with Gasteiger partial charge < -0.3 is 5.32 Å². The van der Waals surface area contributed by atoms with Crippen LogP contribution >= 0.6 is 22.9 Å². The third-order valence-corrected chi connectivity index (χ3v) is 3.26. The van der Waals surface area contributed by atoms with Gasteiger partial charge in [0.1, 0.15) is 0 Å². The predicted octanol–water partition coefficient (Wildman–Crippen LogP) is 3.72. The average molecular weight is 239 g/mol. The Bertz CT molecular complexity index is 440. The van der Waals surface area contributed by atoms with Crippen LogP contribution in [0.25, 0.3) is 0 Å². The van der Waals surface area contributed by atoms with Crippen molar-refractivity contribution in [2.45, 2.75) is 13.5 Å². The second-order valence-electron chi connectivity index (χ2n) is 3.25. The van der Waals surface area contributed by atoms with Gasteiger partial charge in [-0.3, -0.25) is 0 Å². The van der Waals surface area contributed by atoms with E-state index in [2.05, 4.69) is 10.3 Å². The van der Waals surface area contributed by atoms with Gasteiger partial charge in [0.15, 0.2) is 0 Å². The molecular formula is C11H11ClN2S. The molecule has 78 valence electrons. The van der Waals surface area contributed by atoms with Crippen molar-refractivity contribution < 1.29 is 0 Å². The molecule has 2 aromatic rings. The SMILES string of the molecule is Cc1c(Cl)cccc1NCc1cscn1. The Hall–Kier alpha value is -1.06. The molecule has 0 aliphatic rings. The molecule has 0 spiro atoms. The van der Waals surface area contributed by atoms with Crippen LogP contribution in [0.4, 0.5) is 5.69 Å². The first-order chi connectivity index (χ1) is 7.27. The fourth-order valence-corrected chi connectivity index (χ4v) is 2.04. The van der Waals surface area contributed by atoms with Crippen molar-refractivity contribution in [3.63, 3.8) is 0 Å². The topological polar surface area (TPSA) is 24.9 Å². The summed E-state index contributed by atoms with van der Waals surface area (Å²) in [5.41, 5.74) is 5.03. The number of rotatable bonds is 3. The highest BCUT2D eigenvalue weighted by molar-refractivity contribution is 7.07. The molecule has 2 nitrogen and oxygen atoms in total. The minimum Gasteiger partial charge on any atom is -0.379 e. The Morgan fingerprint density at radius 2 is 2.33 bits per heavy atom. The van der Waals surface area contributed by atoms with E-state index >= 15 is 0 Å². The molecule has 0 radical (unpaired) electrons. The number of anilines is 1. The van der Waals surface area contributed by atoms with E-state index < -0.39 is 0 Å². The Labute approximate surface area is 97.9 Å². The number of nitrogens with zero attached hydrogens (tertiary/aromatic N) is 1. The highest BCUT2D eigenvalue weighted by Gasteiger charge is 2.01. The fraction of sp³-hybridized carbons (Fsp3) is 0.182. The van der Waals surface area contributed by atoms with Gasteiger partial charge in [0.2, 0.25) is 0 Å². The largest absolute Gasteiger partial charge is 0.379 e. The summed E-state index contributed by atoms with van der Waals surface area (Å²) in [6, 6.07) is 5.86. The Morgan fingerprint density at radius 1 is 1.47 bits per heavy atom. The molecular weight excluding hydrogens is 228 g/mol. The van der Waals surface area contributed by atoms with Gasteiger partial charge in [0, 0.05) is 16.1 Å². The lowest BCUT2D eigenvalue weighted by molar-refractivity contribution is 1.07. The summed E-state index contributed by atoms with van der Waals surface area (Å²) < 4.78 is 0. The van der Waals surface area contributed by atoms with Gasteiger partial charge in [0.25, 0.3) is 0 Å². The van der Waals surface area contributed by atoms with Crippen LogP contribution in [0.3, 0.4) is 0 Å². The Morgan fingerprint density at radius 3 is 3.07 bits per heavy atom. The molecule has 0 fully saturated rings. The molecule has 0 aliphatic carbocycles. The molecule has 0 atom stereocenters.